The first kappa shape index (κ1) is 24.1. The molecule has 0 aliphatic heterocycles. The maximum Gasteiger partial charge on any atom is 0.266 e. The number of benzene rings is 2. The van der Waals surface area contributed by atoms with E-state index in [0.717, 1.165) is 45.2 Å². The first-order valence-corrected chi connectivity index (χ1v) is 10.7. The van der Waals surface area contributed by atoms with Crippen LogP contribution in [0.4, 0.5) is 5.13 Å². The number of aryl methyl sites for hydroxylation is 3. The number of carbonyl (C=O) groups excluding carboxylic acids is 1. The van der Waals surface area contributed by atoms with Crippen LogP contribution in [0.25, 0.3) is 10.2 Å². The van der Waals surface area contributed by atoms with Crippen molar-refractivity contribution in [2.75, 3.05) is 38.7 Å². The topological polar surface area (TPSA) is 45.7 Å². The van der Waals surface area contributed by atoms with E-state index in [1.165, 1.54) is 5.56 Å². The van der Waals surface area contributed by atoms with Gasteiger partial charge in [0.1, 0.15) is 5.75 Å². The van der Waals surface area contributed by atoms with Crippen LogP contribution in [0, 0.1) is 20.8 Å². The molecule has 0 bridgehead atoms. The quantitative estimate of drug-likeness (QED) is 0.487. The van der Waals surface area contributed by atoms with Crippen LogP contribution in [0.15, 0.2) is 36.4 Å². The highest BCUT2D eigenvalue weighted by Gasteiger charge is 2.21. The lowest BCUT2D eigenvalue weighted by atomic mass is 10.1. The highest BCUT2D eigenvalue weighted by atomic mass is 35.5. The molecule has 0 saturated heterocycles. The normalized spacial score (nSPS) is 10.9. The number of aromatic nitrogens is 1. The van der Waals surface area contributed by atoms with E-state index in [-0.39, 0.29) is 24.9 Å². The van der Waals surface area contributed by atoms with E-state index in [1.807, 2.05) is 45.3 Å². The Hall–Kier alpha value is -2.15. The Labute approximate surface area is 189 Å². The standard InChI is InChI=1S/C23H29N3O2S.ClH/c1-16-9-6-7-10-19(16)28-15-20(27)26(14-8-13-25(4)5)23-24-21-17(2)11-12-18(3)22(21)29-23;/h6-7,9-12H,8,13-15H2,1-5H3;1H. The van der Waals surface area contributed by atoms with Gasteiger partial charge in [-0.15, -0.1) is 12.4 Å². The van der Waals surface area contributed by atoms with Crippen molar-refractivity contribution in [2.24, 2.45) is 0 Å². The van der Waals surface area contributed by atoms with Gasteiger partial charge in [0.05, 0.1) is 10.2 Å². The predicted octanol–water partition coefficient (Wildman–Crippen LogP) is 5.01. The SMILES string of the molecule is Cc1ccccc1OCC(=O)N(CCCN(C)C)c1nc2c(C)ccc(C)c2s1.Cl. The summed E-state index contributed by atoms with van der Waals surface area (Å²) in [4.78, 5) is 21.8. The van der Waals surface area contributed by atoms with Crippen LogP contribution in [0.3, 0.4) is 0 Å². The second-order valence-electron chi connectivity index (χ2n) is 7.63. The van der Waals surface area contributed by atoms with Gasteiger partial charge >= 0.3 is 0 Å². The first-order valence-electron chi connectivity index (χ1n) is 9.87. The lowest BCUT2D eigenvalue weighted by molar-refractivity contribution is -0.120. The van der Waals surface area contributed by atoms with Gasteiger partial charge < -0.3 is 9.64 Å². The van der Waals surface area contributed by atoms with Gasteiger partial charge in [-0.1, -0.05) is 41.7 Å². The fourth-order valence-electron chi connectivity index (χ4n) is 3.17. The number of nitrogens with zero attached hydrogens (tertiary/aromatic N) is 3. The summed E-state index contributed by atoms with van der Waals surface area (Å²) in [5.41, 5.74) is 4.32. The Morgan fingerprint density at radius 3 is 2.37 bits per heavy atom. The van der Waals surface area contributed by atoms with E-state index < -0.39 is 0 Å². The van der Waals surface area contributed by atoms with Crippen LogP contribution in [0.5, 0.6) is 5.75 Å². The molecule has 2 aromatic carbocycles. The third kappa shape index (κ3) is 5.72. The minimum absolute atomic E-state index is 0. The van der Waals surface area contributed by atoms with Gasteiger partial charge in [0.15, 0.2) is 11.7 Å². The molecule has 0 atom stereocenters. The molecular formula is C23H30ClN3O2S. The molecule has 0 aliphatic rings. The summed E-state index contributed by atoms with van der Waals surface area (Å²) >= 11 is 1.58. The van der Waals surface area contributed by atoms with Gasteiger partial charge in [0.25, 0.3) is 5.91 Å². The summed E-state index contributed by atoms with van der Waals surface area (Å²) in [6, 6.07) is 11.9. The smallest absolute Gasteiger partial charge is 0.266 e. The predicted molar refractivity (Wildman–Crippen MR) is 129 cm³/mol. The number of anilines is 1. The molecule has 0 radical (unpaired) electrons. The fourth-order valence-corrected chi connectivity index (χ4v) is 4.33. The number of amides is 1. The Morgan fingerprint density at radius 2 is 1.70 bits per heavy atom. The zero-order chi connectivity index (χ0) is 21.0. The molecule has 0 aliphatic carbocycles. The molecule has 3 rings (SSSR count). The number of thiazole rings is 1. The maximum atomic E-state index is 13.1. The third-order valence-electron chi connectivity index (χ3n) is 4.89. The Morgan fingerprint density at radius 1 is 1.00 bits per heavy atom. The lowest BCUT2D eigenvalue weighted by Crippen LogP contribution is -2.36. The lowest BCUT2D eigenvalue weighted by Gasteiger charge is -2.21. The van der Waals surface area contributed by atoms with E-state index in [4.69, 9.17) is 9.72 Å². The van der Waals surface area contributed by atoms with Crippen molar-refractivity contribution in [3.8, 4) is 5.75 Å². The van der Waals surface area contributed by atoms with Crippen LogP contribution in [0.2, 0.25) is 0 Å². The molecule has 5 nitrogen and oxygen atoms in total. The average Bonchev–Trinajstić information content (AvgIpc) is 3.13. The van der Waals surface area contributed by atoms with Crippen molar-refractivity contribution in [2.45, 2.75) is 27.2 Å². The van der Waals surface area contributed by atoms with E-state index in [1.54, 1.807) is 16.2 Å². The molecular weight excluding hydrogens is 418 g/mol. The molecule has 7 heteroatoms. The van der Waals surface area contributed by atoms with E-state index in [9.17, 15) is 4.79 Å². The van der Waals surface area contributed by atoms with Gasteiger partial charge in [-0.3, -0.25) is 9.69 Å². The Bertz CT molecular complexity index is 964. The van der Waals surface area contributed by atoms with Crippen molar-refractivity contribution in [3.63, 3.8) is 0 Å². The van der Waals surface area contributed by atoms with Crippen LogP contribution in [-0.2, 0) is 4.79 Å². The number of hydrogen-bond acceptors (Lipinski definition) is 5. The van der Waals surface area contributed by atoms with Crippen LogP contribution in [-0.4, -0.2) is 49.6 Å². The number of carbonyl (C=O) groups is 1. The van der Waals surface area contributed by atoms with Crippen LogP contribution in [0.1, 0.15) is 23.1 Å². The van der Waals surface area contributed by atoms with Gasteiger partial charge in [-0.25, -0.2) is 4.98 Å². The fraction of sp³-hybridized carbons (Fsp3) is 0.391. The molecule has 3 aromatic rings. The van der Waals surface area contributed by atoms with E-state index >= 15 is 0 Å². The third-order valence-corrected chi connectivity index (χ3v) is 6.11. The summed E-state index contributed by atoms with van der Waals surface area (Å²) in [5.74, 6) is 0.673. The zero-order valence-corrected chi connectivity index (χ0v) is 19.9. The largest absolute Gasteiger partial charge is 0.483 e. The molecule has 1 aromatic heterocycles. The molecule has 0 saturated carbocycles. The summed E-state index contributed by atoms with van der Waals surface area (Å²) < 4.78 is 6.97. The number of hydrogen-bond donors (Lipinski definition) is 0. The Kier molecular flexibility index (Phi) is 8.65. The molecule has 0 unspecified atom stereocenters. The number of halogens is 1. The van der Waals surface area contributed by atoms with E-state index in [2.05, 4.69) is 30.9 Å². The number of fused-ring (bicyclic) bond motifs is 1. The second kappa shape index (κ2) is 10.8. The number of ether oxygens (including phenoxy) is 1. The molecule has 30 heavy (non-hydrogen) atoms. The summed E-state index contributed by atoms with van der Waals surface area (Å²) in [5, 5.41) is 0.745. The van der Waals surface area contributed by atoms with E-state index in [0.29, 0.717) is 6.54 Å². The van der Waals surface area contributed by atoms with Crippen molar-refractivity contribution in [1.29, 1.82) is 0 Å². The van der Waals surface area contributed by atoms with Gasteiger partial charge in [0.2, 0.25) is 0 Å². The van der Waals surface area contributed by atoms with Crippen molar-refractivity contribution < 1.29 is 9.53 Å². The maximum absolute atomic E-state index is 13.1. The van der Waals surface area contributed by atoms with Crippen LogP contribution < -0.4 is 9.64 Å². The first-order chi connectivity index (χ1) is 13.9. The summed E-state index contributed by atoms with van der Waals surface area (Å²) in [6.07, 6.45) is 0.872. The zero-order valence-electron chi connectivity index (χ0n) is 18.3. The summed E-state index contributed by atoms with van der Waals surface area (Å²) in [7, 11) is 4.08. The van der Waals surface area contributed by atoms with Crippen LogP contribution >= 0.6 is 23.7 Å². The molecule has 0 fully saturated rings. The second-order valence-corrected chi connectivity index (χ2v) is 8.61. The van der Waals surface area contributed by atoms with Crippen molar-refractivity contribution in [3.05, 3.63) is 53.1 Å². The Balaban J connectivity index is 0.00000320. The van der Waals surface area contributed by atoms with Crippen molar-refractivity contribution >= 4 is 45.0 Å². The highest BCUT2D eigenvalue weighted by molar-refractivity contribution is 7.22. The van der Waals surface area contributed by atoms with Gasteiger partial charge in [-0.2, -0.15) is 0 Å². The molecule has 162 valence electrons. The highest BCUT2D eigenvalue weighted by Crippen LogP contribution is 2.33. The minimum atomic E-state index is -0.0682. The number of para-hydroxylation sites is 1. The van der Waals surface area contributed by atoms with Crippen molar-refractivity contribution in [1.82, 2.24) is 9.88 Å². The minimum Gasteiger partial charge on any atom is -0.483 e. The molecule has 0 spiro atoms. The molecule has 1 amide bonds. The molecule has 1 heterocycles. The number of rotatable bonds is 8. The average molecular weight is 448 g/mol. The molecule has 0 N–H and O–H groups in total. The monoisotopic (exact) mass is 447 g/mol. The van der Waals surface area contributed by atoms with Gasteiger partial charge in [-0.05, 0) is 70.6 Å². The van der Waals surface area contributed by atoms with Gasteiger partial charge in [0, 0.05) is 6.54 Å². The summed E-state index contributed by atoms with van der Waals surface area (Å²) in [6.45, 7) is 7.65.